The largest absolute Gasteiger partial charge is 0.486 e. The highest BCUT2D eigenvalue weighted by Crippen LogP contribution is 2.36. The van der Waals surface area contributed by atoms with Crippen molar-refractivity contribution < 1.29 is 29.2 Å². The summed E-state index contributed by atoms with van der Waals surface area (Å²) in [6.07, 6.45) is 2.09. The third kappa shape index (κ3) is 4.82. The molecule has 29 heavy (non-hydrogen) atoms. The minimum Gasteiger partial charge on any atom is -0.486 e. The number of hydrogen-bond donors (Lipinski definition) is 2. The van der Waals surface area contributed by atoms with Crippen molar-refractivity contribution in [1.82, 2.24) is 0 Å². The standard InChI is InChI=1S/C23H28O6/c1-3-5-16-11-15(14-24)12-17(6-4-2)21(16)29-22(23(25)26)18-7-8-19-20(13-18)28-10-9-27-19/h7-8,11-13,22,24H,3-6,9-10,14H2,1-2H3,(H,25,26). The average molecular weight is 400 g/mol. The number of aliphatic hydroxyl groups excluding tert-OH is 1. The topological polar surface area (TPSA) is 85.2 Å². The van der Waals surface area contributed by atoms with E-state index in [0.717, 1.165) is 42.4 Å². The Bertz CT molecular complexity index is 833. The van der Waals surface area contributed by atoms with E-state index in [2.05, 4.69) is 13.8 Å². The summed E-state index contributed by atoms with van der Waals surface area (Å²) in [5, 5.41) is 19.5. The summed E-state index contributed by atoms with van der Waals surface area (Å²) in [7, 11) is 0. The molecule has 0 radical (unpaired) electrons. The first-order valence-corrected chi connectivity index (χ1v) is 10.1. The van der Waals surface area contributed by atoms with Crippen molar-refractivity contribution >= 4 is 5.97 Å². The zero-order valence-electron chi connectivity index (χ0n) is 16.9. The van der Waals surface area contributed by atoms with E-state index in [1.165, 1.54) is 0 Å². The quantitative estimate of drug-likeness (QED) is 0.660. The molecule has 2 aromatic rings. The molecular weight excluding hydrogens is 372 g/mol. The van der Waals surface area contributed by atoms with Crippen LogP contribution in [0.5, 0.6) is 17.2 Å². The number of rotatable bonds is 9. The van der Waals surface area contributed by atoms with Gasteiger partial charge in [0.15, 0.2) is 11.5 Å². The molecule has 0 bridgehead atoms. The van der Waals surface area contributed by atoms with Crippen LogP contribution in [-0.2, 0) is 24.2 Å². The molecule has 1 aliphatic heterocycles. The predicted molar refractivity (Wildman–Crippen MR) is 109 cm³/mol. The second kappa shape index (κ2) is 9.65. The van der Waals surface area contributed by atoms with Crippen molar-refractivity contribution in [2.75, 3.05) is 13.2 Å². The van der Waals surface area contributed by atoms with Crippen LogP contribution < -0.4 is 14.2 Å². The molecule has 6 nitrogen and oxygen atoms in total. The molecule has 3 rings (SSSR count). The number of aliphatic hydroxyl groups is 1. The fourth-order valence-electron chi connectivity index (χ4n) is 3.58. The molecule has 0 aromatic heterocycles. The number of benzene rings is 2. The maximum absolute atomic E-state index is 12.1. The van der Waals surface area contributed by atoms with Gasteiger partial charge in [0.1, 0.15) is 19.0 Å². The van der Waals surface area contributed by atoms with Crippen LogP contribution in [0.25, 0.3) is 0 Å². The summed E-state index contributed by atoms with van der Waals surface area (Å²) < 4.78 is 17.3. The Morgan fingerprint density at radius 3 is 2.21 bits per heavy atom. The molecule has 0 saturated carbocycles. The number of ether oxygens (including phenoxy) is 3. The van der Waals surface area contributed by atoms with Crippen molar-refractivity contribution in [1.29, 1.82) is 0 Å². The predicted octanol–water partition coefficient (Wildman–Crippen LogP) is 4.06. The molecule has 156 valence electrons. The molecular formula is C23H28O6. The van der Waals surface area contributed by atoms with Gasteiger partial charge < -0.3 is 24.4 Å². The Morgan fingerprint density at radius 1 is 1.03 bits per heavy atom. The lowest BCUT2D eigenvalue weighted by Gasteiger charge is -2.23. The van der Waals surface area contributed by atoms with E-state index < -0.39 is 12.1 Å². The SMILES string of the molecule is CCCc1cc(CO)cc(CCC)c1OC(C(=O)O)c1ccc2c(c1)OCCO2. The first-order valence-electron chi connectivity index (χ1n) is 10.1. The van der Waals surface area contributed by atoms with Crippen LogP contribution in [0.1, 0.15) is 55.0 Å². The molecule has 1 atom stereocenters. The summed E-state index contributed by atoms with van der Waals surface area (Å²) in [6.45, 7) is 4.97. The number of fused-ring (bicyclic) bond motifs is 1. The lowest BCUT2D eigenvalue weighted by molar-refractivity contribution is -0.145. The molecule has 0 spiro atoms. The fourth-order valence-corrected chi connectivity index (χ4v) is 3.58. The van der Waals surface area contributed by atoms with E-state index in [-0.39, 0.29) is 6.61 Å². The van der Waals surface area contributed by atoms with Gasteiger partial charge in [0.25, 0.3) is 0 Å². The maximum Gasteiger partial charge on any atom is 0.349 e. The van der Waals surface area contributed by atoms with Gasteiger partial charge in [0.2, 0.25) is 6.10 Å². The van der Waals surface area contributed by atoms with E-state index in [1.54, 1.807) is 18.2 Å². The molecule has 6 heteroatoms. The summed E-state index contributed by atoms with van der Waals surface area (Å²) in [4.78, 5) is 12.1. The van der Waals surface area contributed by atoms with Crippen LogP contribution in [0.15, 0.2) is 30.3 Å². The van der Waals surface area contributed by atoms with Gasteiger partial charge in [-0.1, -0.05) is 32.8 Å². The molecule has 2 N–H and O–H groups in total. The van der Waals surface area contributed by atoms with Crippen molar-refractivity contribution in [2.45, 2.75) is 52.2 Å². The number of carboxylic acids is 1. The number of carbonyl (C=O) groups is 1. The second-order valence-corrected chi connectivity index (χ2v) is 7.14. The molecule has 1 unspecified atom stereocenters. The van der Waals surface area contributed by atoms with Crippen molar-refractivity contribution in [3.8, 4) is 17.2 Å². The minimum absolute atomic E-state index is 0.0573. The highest BCUT2D eigenvalue weighted by molar-refractivity contribution is 5.75. The normalized spacial score (nSPS) is 13.8. The van der Waals surface area contributed by atoms with Gasteiger partial charge in [-0.15, -0.1) is 0 Å². The maximum atomic E-state index is 12.1. The number of hydrogen-bond acceptors (Lipinski definition) is 5. The van der Waals surface area contributed by atoms with Crippen LogP contribution in [0.4, 0.5) is 0 Å². The second-order valence-electron chi connectivity index (χ2n) is 7.14. The molecule has 1 aliphatic rings. The van der Waals surface area contributed by atoms with Gasteiger partial charge in [-0.25, -0.2) is 4.79 Å². The fraction of sp³-hybridized carbons (Fsp3) is 0.435. The molecule has 0 fully saturated rings. The van der Waals surface area contributed by atoms with Crippen molar-refractivity contribution in [3.63, 3.8) is 0 Å². The smallest absolute Gasteiger partial charge is 0.349 e. The van der Waals surface area contributed by atoms with Crippen molar-refractivity contribution in [2.24, 2.45) is 0 Å². The zero-order chi connectivity index (χ0) is 20.8. The van der Waals surface area contributed by atoms with Gasteiger partial charge >= 0.3 is 5.97 Å². The van der Waals surface area contributed by atoms with E-state index in [4.69, 9.17) is 14.2 Å². The van der Waals surface area contributed by atoms with E-state index in [9.17, 15) is 15.0 Å². The van der Waals surface area contributed by atoms with Crippen LogP contribution in [-0.4, -0.2) is 29.4 Å². The Morgan fingerprint density at radius 2 is 1.66 bits per heavy atom. The summed E-state index contributed by atoms with van der Waals surface area (Å²) in [5.74, 6) is 0.669. The minimum atomic E-state index is -1.17. The molecule has 2 aromatic carbocycles. The van der Waals surface area contributed by atoms with Gasteiger partial charge in [-0.05, 0) is 53.8 Å². The van der Waals surface area contributed by atoms with Gasteiger partial charge in [0.05, 0.1) is 6.61 Å². The summed E-state index contributed by atoms with van der Waals surface area (Å²) >= 11 is 0. The third-order valence-corrected chi connectivity index (χ3v) is 4.85. The van der Waals surface area contributed by atoms with Gasteiger partial charge in [0, 0.05) is 5.56 Å². The summed E-state index contributed by atoms with van der Waals surface area (Å²) in [5.41, 5.74) is 3.16. The van der Waals surface area contributed by atoms with Crippen molar-refractivity contribution in [3.05, 3.63) is 52.6 Å². The molecule has 0 aliphatic carbocycles. The highest BCUT2D eigenvalue weighted by Gasteiger charge is 2.26. The van der Waals surface area contributed by atoms with E-state index in [0.29, 0.717) is 36.0 Å². The van der Waals surface area contributed by atoms with Crippen LogP contribution >= 0.6 is 0 Å². The van der Waals surface area contributed by atoms with Crippen LogP contribution in [0.2, 0.25) is 0 Å². The molecule has 0 amide bonds. The molecule has 0 saturated heterocycles. The Balaban J connectivity index is 2.01. The molecule has 1 heterocycles. The van der Waals surface area contributed by atoms with Crippen LogP contribution in [0.3, 0.4) is 0 Å². The average Bonchev–Trinajstić information content (AvgIpc) is 2.72. The lowest BCUT2D eigenvalue weighted by atomic mass is 9.98. The zero-order valence-corrected chi connectivity index (χ0v) is 16.9. The monoisotopic (exact) mass is 400 g/mol. The number of aliphatic carboxylic acids is 1. The first-order chi connectivity index (χ1) is 14.1. The van der Waals surface area contributed by atoms with Gasteiger partial charge in [-0.3, -0.25) is 0 Å². The van der Waals surface area contributed by atoms with Gasteiger partial charge in [-0.2, -0.15) is 0 Å². The van der Waals surface area contributed by atoms with Crippen LogP contribution in [0, 0.1) is 0 Å². The lowest BCUT2D eigenvalue weighted by Crippen LogP contribution is -2.21. The Hall–Kier alpha value is -2.73. The highest BCUT2D eigenvalue weighted by atomic mass is 16.6. The van der Waals surface area contributed by atoms with E-state index in [1.807, 2.05) is 12.1 Å². The number of carboxylic acid groups (broad SMARTS) is 1. The first kappa shape index (κ1) is 21.0. The van der Waals surface area contributed by atoms with E-state index >= 15 is 0 Å². The summed E-state index contributed by atoms with van der Waals surface area (Å²) in [6, 6.07) is 8.90. The Labute approximate surface area is 171 Å². The third-order valence-electron chi connectivity index (χ3n) is 4.85. The Kier molecular flexibility index (Phi) is 6.99. The number of aryl methyl sites for hydroxylation is 2.